The van der Waals surface area contributed by atoms with Gasteiger partial charge in [0.25, 0.3) is 0 Å². The summed E-state index contributed by atoms with van der Waals surface area (Å²) in [4.78, 5) is 36.8. The minimum Gasteiger partial charge on any atom is -0.480 e. The highest BCUT2D eigenvalue weighted by Crippen LogP contribution is 2.49. The molecule has 5 rings (SSSR count). The highest BCUT2D eigenvalue weighted by molar-refractivity contribution is 7.52. The van der Waals surface area contributed by atoms with Gasteiger partial charge in [0.1, 0.15) is 24.5 Å². The number of nitrogen functional groups attached to an aromatic ring is 1. The Morgan fingerprint density at radius 3 is 2.51 bits per heavy atom. The van der Waals surface area contributed by atoms with E-state index in [0.717, 1.165) is 6.92 Å². The van der Waals surface area contributed by atoms with E-state index in [1.54, 1.807) is 48.5 Å². The molecule has 6 atom stereocenters. The van der Waals surface area contributed by atoms with Gasteiger partial charge in [-0.05, 0) is 31.5 Å². The van der Waals surface area contributed by atoms with Gasteiger partial charge in [0.05, 0.1) is 20.0 Å². The summed E-state index contributed by atoms with van der Waals surface area (Å²) >= 11 is 0. The lowest BCUT2D eigenvalue weighted by molar-refractivity contribution is -0.138. The van der Waals surface area contributed by atoms with E-state index in [0.29, 0.717) is 5.56 Å². The van der Waals surface area contributed by atoms with Crippen LogP contribution in [-0.4, -0.2) is 74.4 Å². The first-order chi connectivity index (χ1) is 22.4. The van der Waals surface area contributed by atoms with Crippen molar-refractivity contribution in [2.75, 3.05) is 19.5 Å². The molecule has 250 valence electrons. The Balaban J connectivity index is 1.44. The number of methoxy groups -OCH3 is 1. The van der Waals surface area contributed by atoms with Gasteiger partial charge in [0.15, 0.2) is 29.2 Å². The average molecular weight is 675 g/mol. The Labute approximate surface area is 267 Å². The number of aliphatic carboxylic acids is 1. The van der Waals surface area contributed by atoms with Crippen LogP contribution in [0.2, 0.25) is 0 Å². The second-order valence-electron chi connectivity index (χ2n) is 10.5. The number of hydrogen-bond acceptors (Lipinski definition) is 13. The molecule has 2 aromatic carbocycles. The summed E-state index contributed by atoms with van der Waals surface area (Å²) in [7, 11) is -3.13. The first-order valence-electron chi connectivity index (χ1n) is 14.2. The molecule has 0 spiro atoms. The molecule has 0 saturated carbocycles. The zero-order valence-corrected chi connectivity index (χ0v) is 26.3. The number of rotatable bonds is 13. The molecule has 47 heavy (non-hydrogen) atoms. The fourth-order valence-corrected chi connectivity index (χ4v) is 6.29. The summed E-state index contributed by atoms with van der Waals surface area (Å²) in [5, 5.41) is 11.8. The number of fused-ring (bicyclic) bond motifs is 1. The Morgan fingerprint density at radius 2 is 1.85 bits per heavy atom. The van der Waals surface area contributed by atoms with Crippen LogP contribution in [0, 0.1) is 0 Å². The predicted octanol–water partition coefficient (Wildman–Crippen LogP) is 4.03. The SMILES string of the molecule is COc1nc(N)nc2c1ncn2[C@@H]1O[C@H](COP(=O)(NC(C)C(=O)O)Oc2ccccc2)[C@@H](OC(=O)OCc2ccccc2)[C@@]1(C)F. The topological polar surface area (TPSA) is 208 Å². The molecular formula is C29H32FN6O10P. The lowest BCUT2D eigenvalue weighted by Crippen LogP contribution is -2.44. The van der Waals surface area contributed by atoms with Crippen molar-refractivity contribution in [3.8, 4) is 11.6 Å². The fourth-order valence-electron chi connectivity index (χ4n) is 4.78. The molecule has 4 N–H and O–H groups in total. The van der Waals surface area contributed by atoms with Crippen LogP contribution < -0.4 is 20.1 Å². The van der Waals surface area contributed by atoms with Gasteiger partial charge in [0, 0.05) is 0 Å². The number of carboxylic acids is 1. The van der Waals surface area contributed by atoms with E-state index in [2.05, 4.69) is 20.0 Å². The normalized spacial score (nSPS) is 22.7. The predicted molar refractivity (Wildman–Crippen MR) is 162 cm³/mol. The van der Waals surface area contributed by atoms with Crippen molar-refractivity contribution in [3.63, 3.8) is 0 Å². The van der Waals surface area contributed by atoms with Crippen molar-refractivity contribution in [1.82, 2.24) is 24.6 Å². The third-order valence-corrected chi connectivity index (χ3v) is 8.70. The Bertz CT molecular complexity index is 1760. The highest BCUT2D eigenvalue weighted by atomic mass is 31.2. The smallest absolute Gasteiger partial charge is 0.480 e. The lowest BCUT2D eigenvalue weighted by atomic mass is 9.98. The average Bonchev–Trinajstić information content (AvgIpc) is 3.56. The van der Waals surface area contributed by atoms with Gasteiger partial charge in [-0.3, -0.25) is 13.9 Å². The first kappa shape index (κ1) is 33.5. The molecule has 1 fully saturated rings. The van der Waals surface area contributed by atoms with Crippen LogP contribution in [0.3, 0.4) is 0 Å². The number of alkyl halides is 1. The first-order valence-corrected chi connectivity index (χ1v) is 15.7. The number of carbonyl (C=O) groups is 2. The zero-order valence-electron chi connectivity index (χ0n) is 25.4. The summed E-state index contributed by atoms with van der Waals surface area (Å²) in [5.41, 5.74) is 4.16. The van der Waals surface area contributed by atoms with Gasteiger partial charge < -0.3 is 34.3 Å². The summed E-state index contributed by atoms with van der Waals surface area (Å²) in [6.07, 6.45) is -4.74. The standard InChI is InChI=1S/C29H32FN6O10P/c1-17(25(37)38)35-47(40,46-19-12-8-5-9-13-19)43-15-20-22(45-28(39)42-14-18-10-6-4-7-11-18)29(2,30)26(44-20)36-16-32-21-23(36)33-27(31)34-24(21)41-3/h4-13,16-17,20,22,26H,14-15H2,1-3H3,(H,35,40)(H,37,38)(H2,31,33,34)/t17?,20-,22-,26-,29-,47?/m1/s1. The number of para-hydroxylation sites is 1. The second kappa shape index (κ2) is 13.9. The highest BCUT2D eigenvalue weighted by Gasteiger charge is 2.59. The molecule has 18 heteroatoms. The minimum atomic E-state index is -4.47. The number of ether oxygens (including phenoxy) is 4. The summed E-state index contributed by atoms with van der Waals surface area (Å²) < 4.78 is 65.1. The van der Waals surface area contributed by atoms with Gasteiger partial charge in [-0.25, -0.2) is 18.7 Å². The van der Waals surface area contributed by atoms with E-state index in [4.69, 9.17) is 33.7 Å². The van der Waals surface area contributed by atoms with Crippen molar-refractivity contribution < 1.29 is 51.6 Å². The number of carbonyl (C=O) groups excluding carboxylic acids is 1. The van der Waals surface area contributed by atoms with Gasteiger partial charge in [-0.2, -0.15) is 15.1 Å². The number of imidazole rings is 1. The molecule has 2 aromatic heterocycles. The van der Waals surface area contributed by atoms with Crippen LogP contribution in [0.1, 0.15) is 25.6 Å². The molecule has 0 aliphatic carbocycles. The lowest BCUT2D eigenvalue weighted by Gasteiger charge is -2.28. The molecule has 3 heterocycles. The van der Waals surface area contributed by atoms with Crippen LogP contribution in [-0.2, 0) is 34.7 Å². The maximum Gasteiger partial charge on any atom is 0.509 e. The number of carboxylic acid groups (broad SMARTS) is 1. The van der Waals surface area contributed by atoms with Crippen molar-refractivity contribution in [3.05, 3.63) is 72.6 Å². The van der Waals surface area contributed by atoms with Crippen LogP contribution in [0.25, 0.3) is 11.2 Å². The monoisotopic (exact) mass is 674 g/mol. The number of benzene rings is 2. The van der Waals surface area contributed by atoms with E-state index in [9.17, 15) is 19.3 Å². The molecule has 2 unspecified atom stereocenters. The van der Waals surface area contributed by atoms with Crippen molar-refractivity contribution in [2.24, 2.45) is 0 Å². The number of nitrogens with two attached hydrogens (primary N) is 1. The molecule has 1 aliphatic rings. The zero-order chi connectivity index (χ0) is 33.8. The summed E-state index contributed by atoms with van der Waals surface area (Å²) in [6, 6.07) is 15.2. The van der Waals surface area contributed by atoms with Gasteiger partial charge in [0.2, 0.25) is 11.8 Å². The molecule has 0 amide bonds. The molecular weight excluding hydrogens is 642 g/mol. The third-order valence-electron chi connectivity index (χ3n) is 7.06. The Kier molecular flexibility index (Phi) is 9.91. The van der Waals surface area contributed by atoms with Crippen molar-refractivity contribution in [1.29, 1.82) is 0 Å². The van der Waals surface area contributed by atoms with E-state index in [1.807, 2.05) is 0 Å². The maximum absolute atomic E-state index is 16.9. The molecule has 4 aromatic rings. The van der Waals surface area contributed by atoms with Crippen molar-refractivity contribution in [2.45, 2.75) is 50.6 Å². The molecule has 1 saturated heterocycles. The molecule has 0 radical (unpaired) electrons. The molecule has 0 bridgehead atoms. The van der Waals surface area contributed by atoms with Crippen LogP contribution in [0.5, 0.6) is 11.6 Å². The fraction of sp³-hybridized carbons (Fsp3) is 0.345. The largest absolute Gasteiger partial charge is 0.509 e. The van der Waals surface area contributed by atoms with Crippen LogP contribution in [0.4, 0.5) is 15.1 Å². The summed E-state index contributed by atoms with van der Waals surface area (Å²) in [6.45, 7) is 1.47. The van der Waals surface area contributed by atoms with Gasteiger partial charge in [-0.15, -0.1) is 0 Å². The number of hydrogen-bond donors (Lipinski definition) is 3. The number of aromatic nitrogens is 4. The van der Waals surface area contributed by atoms with E-state index in [-0.39, 0.29) is 35.3 Å². The number of halogens is 1. The van der Waals surface area contributed by atoms with Crippen molar-refractivity contribution >= 4 is 37.0 Å². The molecule has 1 aliphatic heterocycles. The minimum absolute atomic E-state index is 0.0274. The number of nitrogens with one attached hydrogen (secondary N) is 1. The number of nitrogens with zero attached hydrogens (tertiary/aromatic N) is 4. The summed E-state index contributed by atoms with van der Waals surface area (Å²) in [5.74, 6) is -1.41. The molecule has 16 nitrogen and oxygen atoms in total. The Morgan fingerprint density at radius 1 is 1.17 bits per heavy atom. The number of anilines is 1. The third kappa shape index (κ3) is 7.60. The van der Waals surface area contributed by atoms with Crippen LogP contribution in [0.15, 0.2) is 67.0 Å². The second-order valence-corrected chi connectivity index (χ2v) is 12.2. The van der Waals surface area contributed by atoms with Gasteiger partial charge >= 0.3 is 19.9 Å². The quantitative estimate of drug-likeness (QED) is 0.135. The van der Waals surface area contributed by atoms with Gasteiger partial charge in [-0.1, -0.05) is 48.5 Å². The van der Waals surface area contributed by atoms with E-state index in [1.165, 1.54) is 37.1 Å². The Hall–Kier alpha value is -4.83. The van der Waals surface area contributed by atoms with Crippen LogP contribution >= 0.6 is 7.75 Å². The maximum atomic E-state index is 16.9. The van der Waals surface area contributed by atoms with E-state index >= 15 is 4.39 Å². The van der Waals surface area contributed by atoms with E-state index < -0.39 is 56.6 Å².